The minimum atomic E-state index is -4.40. The van der Waals surface area contributed by atoms with Crippen LogP contribution in [-0.2, 0) is 17.4 Å². The molecule has 0 aromatic heterocycles. The first-order valence-electron chi connectivity index (χ1n) is 11.8. The number of amides is 1. The van der Waals surface area contributed by atoms with Crippen molar-refractivity contribution in [2.75, 3.05) is 0 Å². The SMILES string of the molecule is O=C(CCCCCC[C@H]1[C@@H](O)C/C(=N/O)[C@@H]1CC[C@@H](O)CCc1cccc(C(F)(F)F)c1)NO. The number of benzene rings is 1. The highest BCUT2D eigenvalue weighted by molar-refractivity contribution is 5.89. The fourth-order valence-electron chi connectivity index (χ4n) is 4.75. The number of halogens is 3. The molecule has 0 unspecified atom stereocenters. The van der Waals surface area contributed by atoms with E-state index in [1.807, 2.05) is 0 Å². The number of nitrogens with zero attached hydrogens (tertiary/aromatic N) is 1. The molecule has 1 aliphatic carbocycles. The van der Waals surface area contributed by atoms with Crippen molar-refractivity contribution in [3.8, 4) is 0 Å². The number of oxime groups is 1. The van der Waals surface area contributed by atoms with Gasteiger partial charge in [-0.3, -0.25) is 10.0 Å². The highest BCUT2D eigenvalue weighted by Crippen LogP contribution is 2.37. The summed E-state index contributed by atoms with van der Waals surface area (Å²) < 4.78 is 38.6. The van der Waals surface area contributed by atoms with E-state index in [0.717, 1.165) is 37.8 Å². The van der Waals surface area contributed by atoms with E-state index in [4.69, 9.17) is 5.21 Å². The summed E-state index contributed by atoms with van der Waals surface area (Å²) in [5, 5.41) is 42.1. The molecule has 1 aromatic carbocycles. The summed E-state index contributed by atoms with van der Waals surface area (Å²) >= 11 is 0. The Balaban J connectivity index is 1.80. The van der Waals surface area contributed by atoms with Crippen LogP contribution in [0.5, 0.6) is 0 Å². The van der Waals surface area contributed by atoms with Crippen molar-refractivity contribution in [1.29, 1.82) is 0 Å². The Morgan fingerprint density at radius 3 is 2.56 bits per heavy atom. The van der Waals surface area contributed by atoms with Gasteiger partial charge >= 0.3 is 6.18 Å². The Bertz CT molecular complexity index is 803. The van der Waals surface area contributed by atoms with E-state index in [1.165, 1.54) is 6.07 Å². The van der Waals surface area contributed by atoms with Gasteiger partial charge in [0.1, 0.15) is 0 Å². The number of aryl methyl sites for hydroxylation is 1. The van der Waals surface area contributed by atoms with Crippen LogP contribution < -0.4 is 5.48 Å². The van der Waals surface area contributed by atoms with Crippen LogP contribution in [0.1, 0.15) is 75.3 Å². The van der Waals surface area contributed by atoms with E-state index in [-0.39, 0.29) is 24.7 Å². The van der Waals surface area contributed by atoms with Gasteiger partial charge in [0, 0.05) is 18.8 Å². The lowest BCUT2D eigenvalue weighted by Gasteiger charge is -2.23. The summed E-state index contributed by atoms with van der Waals surface area (Å²) in [6.45, 7) is 0. The van der Waals surface area contributed by atoms with Crippen LogP contribution in [0.25, 0.3) is 0 Å². The average Bonchev–Trinajstić information content (AvgIpc) is 3.12. The molecule has 1 aromatic rings. The second-order valence-corrected chi connectivity index (χ2v) is 9.09. The number of hydrogen-bond acceptors (Lipinski definition) is 6. The molecular weight excluding hydrogens is 453 g/mol. The molecule has 0 radical (unpaired) electrons. The Morgan fingerprint density at radius 2 is 1.88 bits per heavy atom. The number of aliphatic hydroxyl groups excluding tert-OH is 2. The standard InChI is InChI=1S/C24H35F3N2O5/c25-24(26,27)17-7-5-6-16(14-17)10-11-18(30)12-13-19-20(22(31)15-21(19)28-33)8-3-1-2-4-9-23(32)29-34/h5-7,14,18-20,22,30-31,33-34H,1-4,8-13,15H2,(H,29,32)/b28-21-/t18-,19+,20+,22-/m0/s1. The molecule has 0 heterocycles. The Labute approximate surface area is 197 Å². The number of hydrogen-bond donors (Lipinski definition) is 5. The molecular formula is C24H35F3N2O5. The fourth-order valence-corrected chi connectivity index (χ4v) is 4.75. The topological polar surface area (TPSA) is 122 Å². The number of aliphatic hydroxyl groups is 2. The van der Waals surface area contributed by atoms with Crippen molar-refractivity contribution in [3.63, 3.8) is 0 Å². The lowest BCUT2D eigenvalue weighted by molar-refractivity contribution is -0.137. The molecule has 192 valence electrons. The first-order valence-corrected chi connectivity index (χ1v) is 11.8. The molecule has 1 fully saturated rings. The van der Waals surface area contributed by atoms with E-state index >= 15 is 0 Å². The third-order valence-corrected chi connectivity index (χ3v) is 6.63. The van der Waals surface area contributed by atoms with Gasteiger partial charge in [0.2, 0.25) is 5.91 Å². The lowest BCUT2D eigenvalue weighted by atomic mass is 9.84. The number of hydroxylamine groups is 1. The summed E-state index contributed by atoms with van der Waals surface area (Å²) in [4.78, 5) is 11.0. The zero-order valence-corrected chi connectivity index (χ0v) is 19.2. The van der Waals surface area contributed by atoms with E-state index in [9.17, 15) is 33.4 Å². The zero-order chi connectivity index (χ0) is 25.1. The van der Waals surface area contributed by atoms with Crippen molar-refractivity contribution >= 4 is 11.6 Å². The molecule has 1 amide bonds. The molecule has 1 saturated carbocycles. The highest BCUT2D eigenvalue weighted by Gasteiger charge is 2.39. The Morgan fingerprint density at radius 1 is 1.15 bits per heavy atom. The van der Waals surface area contributed by atoms with Gasteiger partial charge in [-0.25, -0.2) is 5.48 Å². The largest absolute Gasteiger partial charge is 0.416 e. The smallest absolute Gasteiger partial charge is 0.411 e. The first kappa shape index (κ1) is 28.1. The first-order chi connectivity index (χ1) is 16.2. The van der Waals surface area contributed by atoms with Gasteiger partial charge in [-0.15, -0.1) is 0 Å². The van der Waals surface area contributed by atoms with Crippen LogP contribution in [-0.4, -0.2) is 44.5 Å². The van der Waals surface area contributed by atoms with Crippen molar-refractivity contribution in [2.24, 2.45) is 17.0 Å². The monoisotopic (exact) mass is 488 g/mol. The second kappa shape index (κ2) is 13.7. The van der Waals surface area contributed by atoms with Crippen molar-refractivity contribution in [2.45, 2.75) is 89.0 Å². The minimum absolute atomic E-state index is 0.0951. The highest BCUT2D eigenvalue weighted by atomic mass is 19.4. The quantitative estimate of drug-likeness (QED) is 0.122. The molecule has 0 bridgehead atoms. The van der Waals surface area contributed by atoms with E-state index < -0.39 is 29.9 Å². The maximum Gasteiger partial charge on any atom is 0.416 e. The van der Waals surface area contributed by atoms with Gasteiger partial charge in [0.25, 0.3) is 0 Å². The predicted molar refractivity (Wildman–Crippen MR) is 119 cm³/mol. The maximum absolute atomic E-state index is 12.9. The molecule has 7 nitrogen and oxygen atoms in total. The number of rotatable bonds is 13. The van der Waals surface area contributed by atoms with E-state index in [2.05, 4.69) is 5.16 Å². The molecule has 34 heavy (non-hydrogen) atoms. The molecule has 0 saturated heterocycles. The number of unbranched alkanes of at least 4 members (excludes halogenated alkanes) is 3. The molecule has 5 N–H and O–H groups in total. The van der Waals surface area contributed by atoms with Crippen molar-refractivity contribution in [3.05, 3.63) is 35.4 Å². The van der Waals surface area contributed by atoms with Crippen LogP contribution in [0.2, 0.25) is 0 Å². The third-order valence-electron chi connectivity index (χ3n) is 6.63. The third kappa shape index (κ3) is 8.88. The fraction of sp³-hybridized carbons (Fsp3) is 0.667. The van der Waals surface area contributed by atoms with Crippen LogP contribution in [0, 0.1) is 11.8 Å². The normalized spacial score (nSPS) is 22.8. The van der Waals surface area contributed by atoms with Crippen LogP contribution in [0.15, 0.2) is 29.4 Å². The van der Waals surface area contributed by atoms with Gasteiger partial charge < -0.3 is 15.4 Å². The summed E-state index contributed by atoms with van der Waals surface area (Å²) in [5.74, 6) is -0.674. The maximum atomic E-state index is 12.9. The molecule has 0 spiro atoms. The van der Waals surface area contributed by atoms with Crippen molar-refractivity contribution in [1.82, 2.24) is 5.48 Å². The Kier molecular flexibility index (Phi) is 11.3. The molecule has 1 aliphatic rings. The molecule has 0 aliphatic heterocycles. The number of carbonyl (C=O) groups excluding carboxylic acids is 1. The average molecular weight is 489 g/mol. The van der Waals surface area contributed by atoms with Gasteiger partial charge in [-0.2, -0.15) is 13.2 Å². The van der Waals surface area contributed by atoms with Gasteiger partial charge in [-0.1, -0.05) is 42.6 Å². The van der Waals surface area contributed by atoms with E-state index in [1.54, 1.807) is 11.5 Å². The van der Waals surface area contributed by atoms with Crippen LogP contribution in [0.3, 0.4) is 0 Å². The van der Waals surface area contributed by atoms with Gasteiger partial charge in [0.15, 0.2) is 0 Å². The molecule has 2 rings (SSSR count). The van der Waals surface area contributed by atoms with Crippen molar-refractivity contribution < 1.29 is 38.6 Å². The summed E-state index contributed by atoms with van der Waals surface area (Å²) in [6, 6.07) is 5.09. The summed E-state index contributed by atoms with van der Waals surface area (Å²) in [5.41, 5.74) is 1.92. The number of carbonyl (C=O) groups is 1. The van der Waals surface area contributed by atoms with Gasteiger partial charge in [0.05, 0.1) is 23.5 Å². The summed E-state index contributed by atoms with van der Waals surface area (Å²) in [7, 11) is 0. The van der Waals surface area contributed by atoms with Crippen LogP contribution >= 0.6 is 0 Å². The predicted octanol–water partition coefficient (Wildman–Crippen LogP) is 4.45. The minimum Gasteiger partial charge on any atom is -0.411 e. The second-order valence-electron chi connectivity index (χ2n) is 9.09. The lowest BCUT2D eigenvalue weighted by Crippen LogP contribution is -2.22. The molecule has 10 heteroatoms. The van der Waals surface area contributed by atoms with Gasteiger partial charge in [-0.05, 0) is 56.1 Å². The van der Waals surface area contributed by atoms with E-state index in [0.29, 0.717) is 43.4 Å². The zero-order valence-electron chi connectivity index (χ0n) is 19.2. The Hall–Kier alpha value is -2.17. The molecule has 4 atom stereocenters. The summed E-state index contributed by atoms with van der Waals surface area (Å²) in [6.07, 6.45) is 0.209. The van der Waals surface area contributed by atoms with Crippen LogP contribution in [0.4, 0.5) is 13.2 Å². The number of nitrogens with one attached hydrogen (secondary N) is 1. The number of alkyl halides is 3.